The lowest BCUT2D eigenvalue weighted by molar-refractivity contribution is 1.08. The smallest absolute Gasteiger partial charge is 0.126 e. The van der Waals surface area contributed by atoms with Crippen LogP contribution in [0.4, 0.5) is 0 Å². The SMILES string of the molecule is Cc1nc(C2=CCC=C2)c2sc(-c3ccccc3)cc2n1. The molecule has 0 aliphatic heterocycles. The fraction of sp³-hybridized carbons (Fsp3) is 0.111. The Balaban J connectivity index is 1.95. The number of aromatic nitrogens is 2. The molecule has 3 aromatic rings. The first kappa shape index (κ1) is 12.5. The quantitative estimate of drug-likeness (QED) is 0.663. The zero-order valence-corrected chi connectivity index (χ0v) is 12.5. The Kier molecular flexibility index (Phi) is 2.93. The highest BCUT2D eigenvalue weighted by Gasteiger charge is 2.14. The maximum Gasteiger partial charge on any atom is 0.126 e. The number of benzene rings is 1. The standard InChI is InChI=1S/C18H14N2S/c1-12-19-15-11-16(13-7-3-2-4-8-13)21-18(15)17(20-12)14-9-5-6-10-14/h2-5,7-11H,6H2,1H3. The summed E-state index contributed by atoms with van der Waals surface area (Å²) in [7, 11) is 0. The zero-order chi connectivity index (χ0) is 14.2. The summed E-state index contributed by atoms with van der Waals surface area (Å²) < 4.78 is 1.18. The Labute approximate surface area is 127 Å². The summed E-state index contributed by atoms with van der Waals surface area (Å²) in [6, 6.07) is 12.6. The van der Waals surface area contributed by atoms with E-state index in [1.165, 1.54) is 20.7 Å². The van der Waals surface area contributed by atoms with Crippen LogP contribution in [0.15, 0.2) is 54.6 Å². The van der Waals surface area contributed by atoms with Gasteiger partial charge in [0.25, 0.3) is 0 Å². The molecule has 0 bridgehead atoms. The molecule has 0 unspecified atom stereocenters. The van der Waals surface area contributed by atoms with Crippen LogP contribution in [0.5, 0.6) is 0 Å². The molecule has 0 saturated heterocycles. The summed E-state index contributed by atoms with van der Waals surface area (Å²) in [4.78, 5) is 10.5. The topological polar surface area (TPSA) is 25.8 Å². The number of thiophene rings is 1. The van der Waals surface area contributed by atoms with Gasteiger partial charge in [-0.3, -0.25) is 0 Å². The molecule has 102 valence electrons. The predicted molar refractivity (Wildman–Crippen MR) is 89.3 cm³/mol. The molecule has 2 nitrogen and oxygen atoms in total. The number of rotatable bonds is 2. The van der Waals surface area contributed by atoms with Crippen molar-refractivity contribution in [2.45, 2.75) is 13.3 Å². The average molecular weight is 290 g/mol. The van der Waals surface area contributed by atoms with Gasteiger partial charge in [-0.15, -0.1) is 11.3 Å². The first-order valence-corrected chi connectivity index (χ1v) is 7.83. The van der Waals surface area contributed by atoms with Crippen molar-refractivity contribution >= 4 is 27.1 Å². The van der Waals surface area contributed by atoms with Gasteiger partial charge in [0.05, 0.1) is 15.9 Å². The Hall–Kier alpha value is -2.26. The number of aryl methyl sites for hydroxylation is 1. The number of hydrogen-bond acceptors (Lipinski definition) is 3. The van der Waals surface area contributed by atoms with Crippen LogP contribution >= 0.6 is 11.3 Å². The molecule has 1 aliphatic carbocycles. The summed E-state index contributed by atoms with van der Waals surface area (Å²) in [5.74, 6) is 0.830. The van der Waals surface area contributed by atoms with Gasteiger partial charge < -0.3 is 0 Å². The van der Waals surface area contributed by atoms with Gasteiger partial charge in [0, 0.05) is 4.88 Å². The van der Waals surface area contributed by atoms with Gasteiger partial charge in [0.2, 0.25) is 0 Å². The minimum Gasteiger partial charge on any atom is -0.232 e. The van der Waals surface area contributed by atoms with E-state index in [2.05, 4.69) is 58.5 Å². The van der Waals surface area contributed by atoms with Crippen molar-refractivity contribution in [3.63, 3.8) is 0 Å². The molecule has 1 aromatic carbocycles. The van der Waals surface area contributed by atoms with Crippen molar-refractivity contribution in [3.05, 3.63) is 66.1 Å². The zero-order valence-electron chi connectivity index (χ0n) is 11.7. The first-order chi connectivity index (χ1) is 10.3. The molecule has 2 aromatic heterocycles. The molecule has 0 saturated carbocycles. The molecule has 0 amide bonds. The van der Waals surface area contributed by atoms with E-state index >= 15 is 0 Å². The summed E-state index contributed by atoms with van der Waals surface area (Å²) >= 11 is 1.77. The van der Waals surface area contributed by atoms with Gasteiger partial charge in [-0.25, -0.2) is 9.97 Å². The second-order valence-corrected chi connectivity index (χ2v) is 6.16. The monoisotopic (exact) mass is 290 g/mol. The fourth-order valence-electron chi connectivity index (χ4n) is 2.62. The molecular weight excluding hydrogens is 276 g/mol. The van der Waals surface area contributed by atoms with E-state index in [1.807, 2.05) is 13.0 Å². The van der Waals surface area contributed by atoms with Crippen molar-refractivity contribution in [3.8, 4) is 10.4 Å². The van der Waals surface area contributed by atoms with Gasteiger partial charge in [-0.2, -0.15) is 0 Å². The van der Waals surface area contributed by atoms with Crippen LogP contribution < -0.4 is 0 Å². The van der Waals surface area contributed by atoms with E-state index in [9.17, 15) is 0 Å². The highest BCUT2D eigenvalue weighted by Crippen LogP contribution is 2.37. The summed E-state index contributed by atoms with van der Waals surface area (Å²) in [6.07, 6.45) is 7.55. The summed E-state index contributed by atoms with van der Waals surface area (Å²) in [5, 5.41) is 0. The highest BCUT2D eigenvalue weighted by molar-refractivity contribution is 7.22. The predicted octanol–water partition coefficient (Wildman–Crippen LogP) is 5.01. The van der Waals surface area contributed by atoms with E-state index in [4.69, 9.17) is 0 Å². The summed E-state index contributed by atoms with van der Waals surface area (Å²) in [6.45, 7) is 1.96. The van der Waals surface area contributed by atoms with E-state index in [0.717, 1.165) is 23.5 Å². The Morgan fingerprint density at radius 2 is 1.95 bits per heavy atom. The van der Waals surface area contributed by atoms with Crippen LogP contribution in [0.25, 0.3) is 26.2 Å². The maximum absolute atomic E-state index is 4.67. The van der Waals surface area contributed by atoms with Crippen LogP contribution in [0.1, 0.15) is 17.9 Å². The van der Waals surface area contributed by atoms with Crippen LogP contribution in [0, 0.1) is 6.92 Å². The van der Waals surface area contributed by atoms with Gasteiger partial charge in [0.15, 0.2) is 0 Å². The van der Waals surface area contributed by atoms with Crippen LogP contribution in [0.3, 0.4) is 0 Å². The number of fused-ring (bicyclic) bond motifs is 1. The van der Waals surface area contributed by atoms with E-state index in [1.54, 1.807) is 11.3 Å². The van der Waals surface area contributed by atoms with Crippen LogP contribution in [0.2, 0.25) is 0 Å². The fourth-order valence-corrected chi connectivity index (χ4v) is 3.73. The Bertz CT molecular complexity index is 873. The minimum absolute atomic E-state index is 0.830. The van der Waals surface area contributed by atoms with Gasteiger partial charge in [-0.05, 0) is 30.5 Å². The van der Waals surface area contributed by atoms with Crippen molar-refractivity contribution in [1.29, 1.82) is 0 Å². The molecule has 0 radical (unpaired) electrons. The molecule has 0 N–H and O–H groups in total. The molecule has 1 aliphatic rings. The molecule has 3 heteroatoms. The number of nitrogens with zero attached hydrogens (tertiary/aromatic N) is 2. The molecule has 0 spiro atoms. The van der Waals surface area contributed by atoms with Crippen LogP contribution in [-0.4, -0.2) is 9.97 Å². The molecule has 0 atom stereocenters. The van der Waals surface area contributed by atoms with Crippen molar-refractivity contribution < 1.29 is 0 Å². The first-order valence-electron chi connectivity index (χ1n) is 7.02. The van der Waals surface area contributed by atoms with Gasteiger partial charge in [-0.1, -0.05) is 48.6 Å². The Morgan fingerprint density at radius 1 is 1.10 bits per heavy atom. The summed E-state index contributed by atoms with van der Waals surface area (Å²) in [5.41, 5.74) is 4.56. The highest BCUT2D eigenvalue weighted by atomic mass is 32.1. The lowest BCUT2D eigenvalue weighted by Gasteiger charge is -2.02. The largest absolute Gasteiger partial charge is 0.232 e. The number of allylic oxidation sites excluding steroid dienone is 4. The van der Waals surface area contributed by atoms with E-state index in [0.29, 0.717) is 0 Å². The van der Waals surface area contributed by atoms with Crippen molar-refractivity contribution in [2.24, 2.45) is 0 Å². The maximum atomic E-state index is 4.67. The molecule has 2 heterocycles. The third kappa shape index (κ3) is 2.20. The lowest BCUT2D eigenvalue weighted by atomic mass is 10.1. The van der Waals surface area contributed by atoms with E-state index in [-0.39, 0.29) is 0 Å². The molecule has 4 rings (SSSR count). The number of hydrogen-bond donors (Lipinski definition) is 0. The second-order valence-electron chi connectivity index (χ2n) is 5.11. The van der Waals surface area contributed by atoms with Gasteiger partial charge in [0.1, 0.15) is 5.82 Å². The third-order valence-electron chi connectivity index (χ3n) is 3.59. The van der Waals surface area contributed by atoms with E-state index < -0.39 is 0 Å². The molecule has 21 heavy (non-hydrogen) atoms. The van der Waals surface area contributed by atoms with Crippen molar-refractivity contribution in [2.75, 3.05) is 0 Å². The van der Waals surface area contributed by atoms with Crippen molar-refractivity contribution in [1.82, 2.24) is 9.97 Å². The Morgan fingerprint density at radius 3 is 2.71 bits per heavy atom. The second kappa shape index (κ2) is 4.93. The molecule has 0 fully saturated rings. The average Bonchev–Trinajstić information content (AvgIpc) is 3.16. The third-order valence-corrected chi connectivity index (χ3v) is 4.77. The lowest BCUT2D eigenvalue weighted by Crippen LogP contribution is -1.93. The van der Waals surface area contributed by atoms with Gasteiger partial charge >= 0.3 is 0 Å². The van der Waals surface area contributed by atoms with Crippen LogP contribution in [-0.2, 0) is 0 Å². The normalized spacial score (nSPS) is 13.9. The minimum atomic E-state index is 0.830. The molecular formula is C18H14N2S.